The number of para-hydroxylation sites is 2. The molecule has 96 valence electrons. The largest absolute Gasteiger partial charge is 0.496 e. The molecule has 0 aliphatic carbocycles. The predicted octanol–water partition coefficient (Wildman–Crippen LogP) is 2.98. The lowest BCUT2D eigenvalue weighted by Gasteiger charge is -2.04. The summed E-state index contributed by atoms with van der Waals surface area (Å²) in [6.45, 7) is 2.13. The fourth-order valence-electron chi connectivity index (χ4n) is 2.62. The summed E-state index contributed by atoms with van der Waals surface area (Å²) >= 11 is 0. The number of aromatic nitrogens is 2. The Balaban J connectivity index is 2.32. The minimum absolute atomic E-state index is 0.877. The second kappa shape index (κ2) is 4.43. The molecular formula is C16H17N2O+. The molecule has 0 radical (unpaired) electrons. The number of ether oxygens (including phenoxy) is 1. The molecule has 2 aromatic carbocycles. The van der Waals surface area contributed by atoms with E-state index in [9.17, 15) is 0 Å². The predicted molar refractivity (Wildman–Crippen MR) is 76.2 cm³/mol. The van der Waals surface area contributed by atoms with Gasteiger partial charge in [0.15, 0.2) is 11.0 Å². The molecule has 19 heavy (non-hydrogen) atoms. The number of aromatic amines is 1. The lowest BCUT2D eigenvalue weighted by atomic mass is 10.2. The van der Waals surface area contributed by atoms with Crippen LogP contribution in [0, 0.1) is 6.92 Å². The minimum Gasteiger partial charge on any atom is -0.496 e. The smallest absolute Gasteiger partial charge is 0.291 e. The third kappa shape index (κ3) is 1.78. The van der Waals surface area contributed by atoms with Gasteiger partial charge >= 0.3 is 0 Å². The molecule has 0 amide bonds. The second-order valence-electron chi connectivity index (χ2n) is 4.70. The highest BCUT2D eigenvalue weighted by molar-refractivity contribution is 5.78. The van der Waals surface area contributed by atoms with Crippen LogP contribution in [0.4, 0.5) is 0 Å². The van der Waals surface area contributed by atoms with Crippen molar-refractivity contribution in [3.8, 4) is 17.1 Å². The van der Waals surface area contributed by atoms with Gasteiger partial charge in [-0.15, -0.1) is 0 Å². The summed E-state index contributed by atoms with van der Waals surface area (Å²) in [5, 5.41) is 0. The van der Waals surface area contributed by atoms with Crippen LogP contribution >= 0.6 is 0 Å². The van der Waals surface area contributed by atoms with Gasteiger partial charge in [0.05, 0.1) is 14.2 Å². The Labute approximate surface area is 112 Å². The molecule has 0 atom stereocenters. The molecule has 1 aromatic heterocycles. The molecule has 0 aliphatic rings. The Kier molecular flexibility index (Phi) is 2.75. The average Bonchev–Trinajstić information content (AvgIpc) is 2.77. The Morgan fingerprint density at radius 1 is 1.05 bits per heavy atom. The van der Waals surface area contributed by atoms with Gasteiger partial charge in [0.1, 0.15) is 11.3 Å². The van der Waals surface area contributed by atoms with E-state index < -0.39 is 0 Å². The third-order valence-electron chi connectivity index (χ3n) is 3.52. The average molecular weight is 253 g/mol. The molecular weight excluding hydrogens is 236 g/mol. The van der Waals surface area contributed by atoms with Crippen molar-refractivity contribution in [1.29, 1.82) is 0 Å². The van der Waals surface area contributed by atoms with Crippen molar-refractivity contribution in [1.82, 2.24) is 4.98 Å². The highest BCUT2D eigenvalue weighted by Gasteiger charge is 2.21. The number of nitrogens with one attached hydrogen (secondary N) is 1. The molecule has 0 bridgehead atoms. The monoisotopic (exact) mass is 253 g/mol. The molecule has 3 nitrogen and oxygen atoms in total. The highest BCUT2D eigenvalue weighted by atomic mass is 16.5. The molecule has 0 unspecified atom stereocenters. The van der Waals surface area contributed by atoms with Crippen molar-refractivity contribution < 1.29 is 9.30 Å². The van der Waals surface area contributed by atoms with Crippen LogP contribution in [0.3, 0.4) is 0 Å². The Bertz CT molecular complexity index is 744. The molecule has 0 fully saturated rings. The van der Waals surface area contributed by atoms with E-state index in [1.54, 1.807) is 7.11 Å². The summed E-state index contributed by atoms with van der Waals surface area (Å²) < 4.78 is 7.63. The van der Waals surface area contributed by atoms with Gasteiger partial charge in [-0.3, -0.25) is 0 Å². The summed E-state index contributed by atoms with van der Waals surface area (Å²) in [7, 11) is 3.78. The number of methoxy groups -OCH3 is 1. The molecule has 0 saturated heterocycles. The molecule has 3 aromatic rings. The van der Waals surface area contributed by atoms with Gasteiger partial charge in [-0.2, -0.15) is 0 Å². The molecule has 0 spiro atoms. The lowest BCUT2D eigenvalue weighted by Crippen LogP contribution is -2.29. The fourth-order valence-corrected chi connectivity index (χ4v) is 2.62. The van der Waals surface area contributed by atoms with Crippen molar-refractivity contribution in [2.24, 2.45) is 7.05 Å². The fraction of sp³-hybridized carbons (Fsp3) is 0.188. The van der Waals surface area contributed by atoms with Gasteiger partial charge in [-0.1, -0.05) is 24.3 Å². The zero-order valence-corrected chi connectivity index (χ0v) is 11.4. The number of hydrogen-bond acceptors (Lipinski definition) is 1. The van der Waals surface area contributed by atoms with E-state index in [1.165, 1.54) is 11.1 Å². The first kappa shape index (κ1) is 11.8. The minimum atomic E-state index is 0.877. The number of benzene rings is 2. The maximum atomic E-state index is 5.45. The number of aryl methyl sites for hydroxylation is 2. The van der Waals surface area contributed by atoms with Crippen LogP contribution < -0.4 is 9.30 Å². The first-order valence-corrected chi connectivity index (χ1v) is 6.33. The number of nitrogens with zero attached hydrogens (tertiary/aromatic N) is 1. The summed E-state index contributed by atoms with van der Waals surface area (Å²) in [5.41, 5.74) is 4.70. The quantitative estimate of drug-likeness (QED) is 0.699. The number of rotatable bonds is 2. The van der Waals surface area contributed by atoms with Crippen molar-refractivity contribution in [2.45, 2.75) is 6.92 Å². The maximum Gasteiger partial charge on any atom is 0.291 e. The first-order valence-electron chi connectivity index (χ1n) is 6.33. The van der Waals surface area contributed by atoms with Crippen LogP contribution in [0.15, 0.2) is 42.5 Å². The van der Waals surface area contributed by atoms with Crippen molar-refractivity contribution in [3.63, 3.8) is 0 Å². The zero-order chi connectivity index (χ0) is 13.4. The van der Waals surface area contributed by atoms with Gasteiger partial charge in [-0.05, 0) is 25.1 Å². The summed E-state index contributed by atoms with van der Waals surface area (Å²) in [5.74, 6) is 1.93. The summed E-state index contributed by atoms with van der Waals surface area (Å²) in [6, 6.07) is 14.3. The molecule has 0 saturated carbocycles. The van der Waals surface area contributed by atoms with E-state index >= 15 is 0 Å². The van der Waals surface area contributed by atoms with Crippen LogP contribution in [0.2, 0.25) is 0 Å². The zero-order valence-electron chi connectivity index (χ0n) is 11.4. The Morgan fingerprint density at radius 2 is 1.84 bits per heavy atom. The molecule has 3 rings (SSSR count). The van der Waals surface area contributed by atoms with Gasteiger partial charge < -0.3 is 4.74 Å². The topological polar surface area (TPSA) is 28.9 Å². The number of imidazole rings is 1. The second-order valence-corrected chi connectivity index (χ2v) is 4.70. The highest BCUT2D eigenvalue weighted by Crippen LogP contribution is 2.28. The van der Waals surface area contributed by atoms with Crippen LogP contribution in [0.25, 0.3) is 22.4 Å². The van der Waals surface area contributed by atoms with E-state index in [4.69, 9.17) is 4.74 Å². The van der Waals surface area contributed by atoms with Gasteiger partial charge in [0, 0.05) is 5.56 Å². The van der Waals surface area contributed by atoms with E-state index in [-0.39, 0.29) is 0 Å². The standard InChI is InChI=1S/C16H16N2O/c1-11-7-6-9-13-15(11)18(2)16(17-13)12-8-4-5-10-14(12)19-3/h4-10H,1-3H3/p+1. The lowest BCUT2D eigenvalue weighted by molar-refractivity contribution is -0.633. The molecule has 1 heterocycles. The van der Waals surface area contributed by atoms with Gasteiger partial charge in [-0.25, -0.2) is 9.55 Å². The van der Waals surface area contributed by atoms with Crippen molar-refractivity contribution in [3.05, 3.63) is 48.0 Å². The van der Waals surface area contributed by atoms with E-state index in [1.807, 2.05) is 18.2 Å². The number of fused-ring (bicyclic) bond motifs is 1. The number of hydrogen-bond donors (Lipinski definition) is 1. The van der Waals surface area contributed by atoms with Crippen molar-refractivity contribution in [2.75, 3.05) is 7.11 Å². The Hall–Kier alpha value is -2.29. The summed E-state index contributed by atoms with van der Waals surface area (Å²) in [4.78, 5) is 3.48. The first-order chi connectivity index (χ1) is 9.22. The van der Waals surface area contributed by atoms with E-state index in [0.717, 1.165) is 22.7 Å². The van der Waals surface area contributed by atoms with Gasteiger partial charge in [0.25, 0.3) is 5.82 Å². The van der Waals surface area contributed by atoms with E-state index in [0.29, 0.717) is 0 Å². The molecule has 3 heteroatoms. The Morgan fingerprint density at radius 3 is 2.58 bits per heavy atom. The van der Waals surface area contributed by atoms with Gasteiger partial charge in [0.2, 0.25) is 0 Å². The van der Waals surface area contributed by atoms with Crippen LogP contribution in [-0.4, -0.2) is 12.1 Å². The number of H-pyrrole nitrogens is 1. The molecule has 1 N–H and O–H groups in total. The maximum absolute atomic E-state index is 5.45. The van der Waals surface area contributed by atoms with Crippen LogP contribution in [0.5, 0.6) is 5.75 Å². The SMILES string of the molecule is COc1ccccc1-c1[nH]c2cccc(C)c2[n+]1C. The van der Waals surface area contributed by atoms with E-state index in [2.05, 4.69) is 47.8 Å². The summed E-state index contributed by atoms with van der Waals surface area (Å²) in [6.07, 6.45) is 0. The van der Waals surface area contributed by atoms with Crippen molar-refractivity contribution >= 4 is 11.0 Å². The molecule has 0 aliphatic heterocycles. The third-order valence-corrected chi connectivity index (χ3v) is 3.52. The van der Waals surface area contributed by atoms with Crippen LogP contribution in [-0.2, 0) is 7.05 Å². The normalized spacial score (nSPS) is 10.9. The van der Waals surface area contributed by atoms with Crippen LogP contribution in [0.1, 0.15) is 5.56 Å².